The van der Waals surface area contributed by atoms with Gasteiger partial charge in [-0.2, -0.15) is 5.10 Å². The maximum absolute atomic E-state index is 12.3. The summed E-state index contributed by atoms with van der Waals surface area (Å²) in [6.07, 6.45) is 6.21. The van der Waals surface area contributed by atoms with Crippen LogP contribution in [0.4, 0.5) is 5.82 Å². The Morgan fingerprint density at radius 3 is 2.77 bits per heavy atom. The Hall–Kier alpha value is -2.67. The van der Waals surface area contributed by atoms with Crippen LogP contribution in [0.5, 0.6) is 0 Å². The molecule has 1 aromatic carbocycles. The minimum atomic E-state index is 0.00145. The van der Waals surface area contributed by atoms with E-state index in [4.69, 9.17) is 0 Å². The van der Waals surface area contributed by atoms with Gasteiger partial charge in [-0.05, 0) is 54.4 Å². The Bertz CT molecular complexity index is 962. The summed E-state index contributed by atoms with van der Waals surface area (Å²) in [6, 6.07) is 8.23. The van der Waals surface area contributed by atoms with E-state index in [0.717, 1.165) is 40.6 Å². The topological polar surface area (TPSA) is 63.1 Å². The standard InChI is InChI=1S/C19H22BN5O/c1-24-11-15(10-21-24)13-4-5-16-14(8-13)9-17(23-19(16)20)22-18(26)12-25-6-2-3-7-25/h4-5,8-11H,2-3,6-7,12,20H2,1H3,(H,22,23,26). The smallest absolute Gasteiger partial charge is 0.239 e. The molecule has 0 saturated carbocycles. The van der Waals surface area contributed by atoms with Gasteiger partial charge in [-0.25, -0.2) is 4.98 Å². The number of rotatable bonds is 4. The molecule has 0 unspecified atom stereocenters. The second-order valence-electron chi connectivity index (χ2n) is 6.96. The van der Waals surface area contributed by atoms with Crippen LogP contribution in [0, 0.1) is 0 Å². The van der Waals surface area contributed by atoms with Gasteiger partial charge in [-0.1, -0.05) is 12.1 Å². The van der Waals surface area contributed by atoms with E-state index < -0.39 is 0 Å². The maximum atomic E-state index is 12.3. The van der Waals surface area contributed by atoms with E-state index in [1.807, 2.05) is 33.4 Å². The number of anilines is 1. The molecular weight excluding hydrogens is 325 g/mol. The highest BCUT2D eigenvalue weighted by molar-refractivity contribution is 6.37. The van der Waals surface area contributed by atoms with Crippen LogP contribution < -0.4 is 10.9 Å². The van der Waals surface area contributed by atoms with Gasteiger partial charge in [0.05, 0.1) is 12.7 Å². The summed E-state index contributed by atoms with van der Waals surface area (Å²) in [4.78, 5) is 19.0. The molecule has 1 saturated heterocycles. The van der Waals surface area contributed by atoms with Crippen LogP contribution in [0.25, 0.3) is 21.9 Å². The molecule has 0 bridgehead atoms. The van der Waals surface area contributed by atoms with Crippen molar-refractivity contribution in [3.05, 3.63) is 36.7 Å². The molecule has 0 spiro atoms. The third-order valence-electron chi connectivity index (χ3n) is 4.89. The van der Waals surface area contributed by atoms with Crippen LogP contribution >= 0.6 is 0 Å². The number of nitrogens with zero attached hydrogens (tertiary/aromatic N) is 4. The fourth-order valence-electron chi connectivity index (χ4n) is 3.57. The number of carbonyl (C=O) groups is 1. The van der Waals surface area contributed by atoms with Crippen LogP contribution in [0.2, 0.25) is 0 Å². The van der Waals surface area contributed by atoms with Crippen LogP contribution in [0.1, 0.15) is 12.8 Å². The number of nitrogens with one attached hydrogen (secondary N) is 1. The van der Waals surface area contributed by atoms with E-state index in [2.05, 4.69) is 38.5 Å². The molecule has 0 radical (unpaired) electrons. The summed E-state index contributed by atoms with van der Waals surface area (Å²) >= 11 is 0. The Morgan fingerprint density at radius 2 is 2.04 bits per heavy atom. The molecule has 132 valence electrons. The van der Waals surface area contributed by atoms with Crippen LogP contribution in [-0.4, -0.2) is 53.1 Å². The van der Waals surface area contributed by atoms with Gasteiger partial charge in [0, 0.05) is 24.4 Å². The van der Waals surface area contributed by atoms with Crippen LogP contribution in [0.3, 0.4) is 0 Å². The van der Waals surface area contributed by atoms with Gasteiger partial charge in [0.2, 0.25) is 5.91 Å². The molecule has 7 heteroatoms. The van der Waals surface area contributed by atoms with E-state index in [-0.39, 0.29) is 5.91 Å². The number of hydrogen-bond donors (Lipinski definition) is 1. The fourth-order valence-corrected chi connectivity index (χ4v) is 3.57. The van der Waals surface area contributed by atoms with Crippen molar-refractivity contribution in [2.75, 3.05) is 25.0 Å². The molecule has 26 heavy (non-hydrogen) atoms. The monoisotopic (exact) mass is 347 g/mol. The van der Waals surface area contributed by atoms with Gasteiger partial charge in [0.25, 0.3) is 0 Å². The van der Waals surface area contributed by atoms with Crippen LogP contribution in [0.15, 0.2) is 36.7 Å². The quantitative estimate of drug-likeness (QED) is 0.714. The van der Waals surface area contributed by atoms with Crippen molar-refractivity contribution in [1.29, 1.82) is 0 Å². The lowest BCUT2D eigenvalue weighted by Gasteiger charge is -2.14. The van der Waals surface area contributed by atoms with Gasteiger partial charge >= 0.3 is 0 Å². The van der Waals surface area contributed by atoms with E-state index in [0.29, 0.717) is 12.4 Å². The van der Waals surface area contributed by atoms with E-state index in [1.54, 1.807) is 4.68 Å². The number of carbonyl (C=O) groups excluding carboxylic acids is 1. The molecule has 1 N–H and O–H groups in total. The summed E-state index contributed by atoms with van der Waals surface area (Å²) < 4.78 is 1.79. The van der Waals surface area contributed by atoms with Crippen molar-refractivity contribution >= 4 is 35.9 Å². The molecular formula is C19H22BN5O. The Labute approximate surface area is 153 Å². The lowest BCUT2D eigenvalue weighted by atomic mass is 9.94. The second-order valence-corrected chi connectivity index (χ2v) is 6.96. The van der Waals surface area contributed by atoms with E-state index >= 15 is 0 Å². The maximum Gasteiger partial charge on any atom is 0.239 e. The third kappa shape index (κ3) is 3.48. The number of pyridine rings is 1. The highest BCUT2D eigenvalue weighted by Gasteiger charge is 2.16. The van der Waals surface area contributed by atoms with Crippen molar-refractivity contribution < 1.29 is 4.79 Å². The molecule has 0 aliphatic carbocycles. The lowest BCUT2D eigenvalue weighted by molar-refractivity contribution is -0.117. The van der Waals surface area contributed by atoms with Gasteiger partial charge in [0.1, 0.15) is 5.82 Å². The van der Waals surface area contributed by atoms with Crippen molar-refractivity contribution in [1.82, 2.24) is 19.7 Å². The predicted molar refractivity (Wildman–Crippen MR) is 106 cm³/mol. The van der Waals surface area contributed by atoms with Crippen molar-refractivity contribution in [3.63, 3.8) is 0 Å². The number of amides is 1. The molecule has 3 heterocycles. The summed E-state index contributed by atoms with van der Waals surface area (Å²) in [6.45, 7) is 2.45. The number of aromatic nitrogens is 3. The molecule has 1 fully saturated rings. The van der Waals surface area contributed by atoms with Crippen molar-refractivity contribution in [3.8, 4) is 11.1 Å². The molecule has 6 nitrogen and oxygen atoms in total. The molecule has 0 atom stereocenters. The van der Waals surface area contributed by atoms with Crippen LogP contribution in [-0.2, 0) is 11.8 Å². The minimum absolute atomic E-state index is 0.00145. The average molecular weight is 347 g/mol. The Balaban J connectivity index is 1.60. The average Bonchev–Trinajstić information content (AvgIpc) is 3.26. The Kier molecular flexibility index (Phi) is 4.47. The number of benzene rings is 1. The molecule has 4 rings (SSSR count). The first-order valence-corrected chi connectivity index (χ1v) is 9.01. The summed E-state index contributed by atoms with van der Waals surface area (Å²) in [5.41, 5.74) is 3.09. The lowest BCUT2D eigenvalue weighted by Crippen LogP contribution is -2.31. The molecule has 1 amide bonds. The number of fused-ring (bicyclic) bond motifs is 1. The van der Waals surface area contributed by atoms with Gasteiger partial charge in [-0.15, -0.1) is 0 Å². The summed E-state index contributed by atoms with van der Waals surface area (Å²) in [5, 5.41) is 9.35. The first kappa shape index (κ1) is 16.8. The first-order chi connectivity index (χ1) is 12.6. The largest absolute Gasteiger partial charge is 0.310 e. The van der Waals surface area contributed by atoms with Gasteiger partial charge in [-0.3, -0.25) is 14.4 Å². The predicted octanol–water partition coefficient (Wildman–Crippen LogP) is 0.928. The number of likely N-dealkylation sites (tertiary alicyclic amines) is 1. The molecule has 1 aliphatic heterocycles. The molecule has 3 aromatic rings. The summed E-state index contributed by atoms with van der Waals surface area (Å²) in [7, 11) is 3.88. The highest BCUT2D eigenvalue weighted by Crippen LogP contribution is 2.24. The van der Waals surface area contributed by atoms with Gasteiger partial charge in [0.15, 0.2) is 7.85 Å². The third-order valence-corrected chi connectivity index (χ3v) is 4.89. The van der Waals surface area contributed by atoms with Gasteiger partial charge < -0.3 is 5.32 Å². The van der Waals surface area contributed by atoms with E-state index in [9.17, 15) is 4.79 Å². The fraction of sp³-hybridized carbons (Fsp3) is 0.316. The zero-order chi connectivity index (χ0) is 18.1. The second kappa shape index (κ2) is 6.92. The zero-order valence-electron chi connectivity index (χ0n) is 15.2. The van der Waals surface area contributed by atoms with E-state index in [1.165, 1.54) is 12.8 Å². The first-order valence-electron chi connectivity index (χ1n) is 9.01. The normalized spacial score (nSPS) is 14.8. The minimum Gasteiger partial charge on any atom is -0.310 e. The highest BCUT2D eigenvalue weighted by atomic mass is 16.2. The SMILES string of the molecule is Bc1nc(NC(=O)CN2CCCC2)cc2cc(-c3cnn(C)c3)ccc12. The molecule has 2 aromatic heterocycles. The van der Waals surface area contributed by atoms with Crippen molar-refractivity contribution in [2.24, 2.45) is 7.05 Å². The number of hydrogen-bond acceptors (Lipinski definition) is 4. The Morgan fingerprint density at radius 1 is 1.23 bits per heavy atom. The number of aryl methyl sites for hydroxylation is 1. The van der Waals surface area contributed by atoms with Crippen molar-refractivity contribution in [2.45, 2.75) is 12.8 Å². The molecule has 1 aliphatic rings. The zero-order valence-corrected chi connectivity index (χ0v) is 15.2. The summed E-state index contributed by atoms with van der Waals surface area (Å²) in [5.74, 6) is 0.615.